The minimum absolute atomic E-state index is 0.515. The molecule has 86 valence electrons. The number of benzene rings is 2. The first-order chi connectivity index (χ1) is 8.18. The van der Waals surface area contributed by atoms with Crippen molar-refractivity contribution in [3.63, 3.8) is 0 Å². The lowest BCUT2D eigenvalue weighted by atomic mass is 10.2. The zero-order chi connectivity index (χ0) is 12.3. The Morgan fingerprint density at radius 1 is 0.765 bits per heavy atom. The Kier molecular flexibility index (Phi) is 4.06. The smallest absolute Gasteiger partial charge is 0.100 e. The van der Waals surface area contributed by atoms with Crippen LogP contribution in [0, 0.1) is 0 Å². The normalized spacial score (nSPS) is 11.0. The molecule has 2 aromatic rings. The summed E-state index contributed by atoms with van der Waals surface area (Å²) in [7, 11) is 0. The van der Waals surface area contributed by atoms with Gasteiger partial charge in [-0.15, -0.1) is 0 Å². The maximum atomic E-state index is 6.01. The van der Waals surface area contributed by atoms with Crippen LogP contribution in [0.1, 0.15) is 5.56 Å². The highest BCUT2D eigenvalue weighted by molar-refractivity contribution is 6.39. The predicted molar refractivity (Wildman–Crippen MR) is 75.2 cm³/mol. The quantitative estimate of drug-likeness (QED) is 0.655. The summed E-state index contributed by atoms with van der Waals surface area (Å²) in [6.45, 7) is 0. The molecule has 0 N–H and O–H groups in total. The monoisotopic (exact) mass is 283 g/mol. The first-order valence-corrected chi connectivity index (χ1v) is 6.04. The molecular weight excluding hydrogens is 277 g/mol. The third-order valence-electron chi connectivity index (χ3n) is 2.18. The largest absolute Gasteiger partial charge is 0.253 e. The molecule has 0 heterocycles. The van der Waals surface area contributed by atoms with E-state index in [4.69, 9.17) is 34.8 Å². The third kappa shape index (κ3) is 3.01. The van der Waals surface area contributed by atoms with E-state index in [9.17, 15) is 0 Å². The van der Waals surface area contributed by atoms with Crippen LogP contribution in [0.25, 0.3) is 0 Å². The first-order valence-electron chi connectivity index (χ1n) is 4.91. The molecule has 0 fully saturated rings. The number of aliphatic imine (C=N–C) groups is 1. The van der Waals surface area contributed by atoms with Crippen molar-refractivity contribution in [2.75, 3.05) is 0 Å². The van der Waals surface area contributed by atoms with E-state index in [0.717, 1.165) is 5.56 Å². The van der Waals surface area contributed by atoms with Crippen LogP contribution in [-0.2, 0) is 0 Å². The van der Waals surface area contributed by atoms with E-state index in [0.29, 0.717) is 20.8 Å². The molecule has 0 spiro atoms. The molecule has 0 saturated heterocycles. The molecule has 0 atom stereocenters. The van der Waals surface area contributed by atoms with E-state index in [1.807, 2.05) is 18.2 Å². The minimum atomic E-state index is 0.515. The van der Waals surface area contributed by atoms with Gasteiger partial charge in [0.1, 0.15) is 5.69 Å². The van der Waals surface area contributed by atoms with Gasteiger partial charge >= 0.3 is 0 Å². The van der Waals surface area contributed by atoms with Crippen molar-refractivity contribution in [3.05, 3.63) is 63.1 Å². The number of hydrogen-bond donors (Lipinski definition) is 0. The van der Waals surface area contributed by atoms with Crippen LogP contribution < -0.4 is 0 Å². The molecule has 17 heavy (non-hydrogen) atoms. The zero-order valence-corrected chi connectivity index (χ0v) is 11.0. The lowest BCUT2D eigenvalue weighted by Gasteiger charge is -2.01. The van der Waals surface area contributed by atoms with E-state index in [2.05, 4.69) is 4.99 Å². The second-order valence-electron chi connectivity index (χ2n) is 3.35. The molecule has 2 aromatic carbocycles. The van der Waals surface area contributed by atoms with Gasteiger partial charge in [0.05, 0.1) is 10.0 Å². The van der Waals surface area contributed by atoms with Crippen molar-refractivity contribution in [1.82, 2.24) is 0 Å². The molecule has 0 bridgehead atoms. The molecule has 2 rings (SSSR count). The van der Waals surface area contributed by atoms with Crippen LogP contribution in [0.5, 0.6) is 0 Å². The maximum absolute atomic E-state index is 6.01. The number of para-hydroxylation sites is 1. The molecule has 4 heteroatoms. The number of nitrogens with zero attached hydrogens (tertiary/aromatic N) is 1. The molecule has 0 unspecified atom stereocenters. The third-order valence-corrected chi connectivity index (χ3v) is 3.13. The Hall–Kier alpha value is -1.02. The number of halogens is 3. The highest BCUT2D eigenvalue weighted by atomic mass is 35.5. The molecule has 0 aliphatic heterocycles. The Bertz CT molecular complexity index is 544. The van der Waals surface area contributed by atoms with E-state index in [-0.39, 0.29) is 0 Å². The Labute approximate surface area is 115 Å². The van der Waals surface area contributed by atoms with Crippen molar-refractivity contribution in [1.29, 1.82) is 0 Å². The summed E-state index contributed by atoms with van der Waals surface area (Å²) in [6, 6.07) is 12.7. The van der Waals surface area contributed by atoms with Crippen LogP contribution in [0.4, 0.5) is 5.69 Å². The highest BCUT2D eigenvalue weighted by Gasteiger charge is 2.03. The van der Waals surface area contributed by atoms with Gasteiger partial charge in [-0.25, -0.2) is 0 Å². The summed E-state index contributed by atoms with van der Waals surface area (Å²) >= 11 is 18.0. The maximum Gasteiger partial charge on any atom is 0.100 e. The van der Waals surface area contributed by atoms with Gasteiger partial charge in [-0.1, -0.05) is 59.1 Å². The molecule has 0 aliphatic rings. The summed E-state index contributed by atoms with van der Waals surface area (Å²) in [5.41, 5.74) is 1.38. The second-order valence-corrected chi connectivity index (χ2v) is 4.57. The molecule has 0 amide bonds. The molecular formula is C13H8Cl3N. The van der Waals surface area contributed by atoms with Crippen molar-refractivity contribution in [3.8, 4) is 0 Å². The van der Waals surface area contributed by atoms with Crippen molar-refractivity contribution < 1.29 is 0 Å². The SMILES string of the molecule is Clc1ccccc1C=Nc1c(Cl)cccc1Cl. The van der Waals surface area contributed by atoms with Crippen LogP contribution in [0.15, 0.2) is 47.5 Å². The van der Waals surface area contributed by atoms with E-state index < -0.39 is 0 Å². The van der Waals surface area contributed by atoms with Crippen molar-refractivity contribution in [2.45, 2.75) is 0 Å². The topological polar surface area (TPSA) is 12.4 Å². The van der Waals surface area contributed by atoms with Gasteiger partial charge in [0.15, 0.2) is 0 Å². The highest BCUT2D eigenvalue weighted by Crippen LogP contribution is 2.32. The molecule has 0 aliphatic carbocycles. The van der Waals surface area contributed by atoms with E-state index in [1.165, 1.54) is 0 Å². The fourth-order valence-electron chi connectivity index (χ4n) is 1.33. The molecule has 1 nitrogen and oxygen atoms in total. The van der Waals surface area contributed by atoms with Crippen molar-refractivity contribution >= 4 is 46.7 Å². The van der Waals surface area contributed by atoms with Crippen LogP contribution in [-0.4, -0.2) is 6.21 Å². The summed E-state index contributed by atoms with van der Waals surface area (Å²) in [6.07, 6.45) is 1.65. The van der Waals surface area contributed by atoms with E-state index >= 15 is 0 Å². The van der Waals surface area contributed by atoms with Crippen LogP contribution >= 0.6 is 34.8 Å². The van der Waals surface area contributed by atoms with Crippen LogP contribution in [0.3, 0.4) is 0 Å². The molecule has 0 radical (unpaired) electrons. The number of hydrogen-bond acceptors (Lipinski definition) is 1. The summed E-state index contributed by atoms with van der Waals surface area (Å²) < 4.78 is 0. The van der Waals surface area contributed by atoms with Gasteiger partial charge in [-0.2, -0.15) is 0 Å². The Morgan fingerprint density at radius 2 is 1.35 bits per heavy atom. The number of rotatable bonds is 2. The molecule has 0 saturated carbocycles. The average molecular weight is 285 g/mol. The standard InChI is InChI=1S/C13H8Cl3N/c14-10-5-2-1-4-9(10)8-17-13-11(15)6-3-7-12(13)16/h1-8H. The van der Waals surface area contributed by atoms with E-state index in [1.54, 1.807) is 30.5 Å². The van der Waals surface area contributed by atoms with Gasteiger partial charge in [0, 0.05) is 16.8 Å². The fourth-order valence-corrected chi connectivity index (χ4v) is 2.01. The fraction of sp³-hybridized carbons (Fsp3) is 0. The van der Waals surface area contributed by atoms with Gasteiger partial charge in [-0.3, -0.25) is 4.99 Å². The lowest BCUT2D eigenvalue weighted by Crippen LogP contribution is -1.82. The van der Waals surface area contributed by atoms with Gasteiger partial charge in [0.2, 0.25) is 0 Å². The summed E-state index contributed by atoms with van der Waals surface area (Å²) in [4.78, 5) is 4.26. The first kappa shape index (κ1) is 12.4. The van der Waals surface area contributed by atoms with Gasteiger partial charge < -0.3 is 0 Å². The van der Waals surface area contributed by atoms with Crippen molar-refractivity contribution in [2.24, 2.45) is 4.99 Å². The predicted octanol–water partition coefficient (Wildman–Crippen LogP) is 5.40. The van der Waals surface area contributed by atoms with Gasteiger partial charge in [0.25, 0.3) is 0 Å². The molecule has 0 aromatic heterocycles. The second kappa shape index (κ2) is 5.54. The Morgan fingerprint density at radius 3 is 2.00 bits per heavy atom. The van der Waals surface area contributed by atoms with Gasteiger partial charge in [-0.05, 0) is 18.2 Å². The summed E-state index contributed by atoms with van der Waals surface area (Å²) in [5.74, 6) is 0. The van der Waals surface area contributed by atoms with Crippen LogP contribution in [0.2, 0.25) is 15.1 Å². The lowest BCUT2D eigenvalue weighted by molar-refractivity contribution is 1.52. The summed E-state index contributed by atoms with van der Waals surface area (Å²) in [5, 5.41) is 1.67. The average Bonchev–Trinajstić information content (AvgIpc) is 2.30. The zero-order valence-electron chi connectivity index (χ0n) is 8.70. The Balaban J connectivity index is 2.36. The minimum Gasteiger partial charge on any atom is -0.253 e.